The van der Waals surface area contributed by atoms with Gasteiger partial charge in [-0.15, -0.1) is 0 Å². The molecule has 0 bridgehead atoms. The van der Waals surface area contributed by atoms with E-state index in [1.165, 1.54) is 11.0 Å². The average Bonchev–Trinajstić information content (AvgIpc) is 2.74. The highest BCUT2D eigenvalue weighted by Gasteiger charge is 2.17. The third kappa shape index (κ3) is 2.98. The standard InChI is InChI=1S/C7H12N6O3/c1-5(2-3-6(14)10-8)12-4-9-7(11-12)13(15)16/h4-5H,2-3,8H2,1H3,(H,10,14). The fraction of sp³-hybridized carbons (Fsp3) is 0.571. The summed E-state index contributed by atoms with van der Waals surface area (Å²) in [7, 11) is 0. The molecule has 1 atom stereocenters. The molecule has 0 fully saturated rings. The van der Waals surface area contributed by atoms with E-state index in [4.69, 9.17) is 5.84 Å². The van der Waals surface area contributed by atoms with Crippen molar-refractivity contribution >= 4 is 11.9 Å². The van der Waals surface area contributed by atoms with Crippen LogP contribution in [-0.4, -0.2) is 25.6 Å². The number of nitrogens with one attached hydrogen (secondary N) is 1. The van der Waals surface area contributed by atoms with Crippen LogP contribution >= 0.6 is 0 Å². The van der Waals surface area contributed by atoms with Crippen LogP contribution in [0.5, 0.6) is 0 Å². The lowest BCUT2D eigenvalue weighted by Gasteiger charge is -2.06. The van der Waals surface area contributed by atoms with E-state index in [0.29, 0.717) is 6.42 Å². The lowest BCUT2D eigenvalue weighted by atomic mass is 10.2. The topological polar surface area (TPSA) is 129 Å². The van der Waals surface area contributed by atoms with E-state index in [2.05, 4.69) is 10.1 Å². The number of hydrogen-bond acceptors (Lipinski definition) is 6. The third-order valence-electron chi connectivity index (χ3n) is 2.06. The molecule has 1 aromatic rings. The van der Waals surface area contributed by atoms with E-state index >= 15 is 0 Å². The SMILES string of the molecule is CC(CCC(=O)NN)n1cnc([N+](=O)[O-])n1. The molecule has 9 heteroatoms. The molecule has 1 heterocycles. The van der Waals surface area contributed by atoms with E-state index in [9.17, 15) is 14.9 Å². The molecule has 3 N–H and O–H groups in total. The number of hydrogen-bond donors (Lipinski definition) is 2. The first-order valence-corrected chi connectivity index (χ1v) is 4.59. The van der Waals surface area contributed by atoms with Crippen LogP contribution < -0.4 is 11.3 Å². The second kappa shape index (κ2) is 5.16. The molecule has 0 saturated heterocycles. The van der Waals surface area contributed by atoms with Gasteiger partial charge in [-0.2, -0.15) is 4.68 Å². The highest BCUT2D eigenvalue weighted by molar-refractivity contribution is 5.75. The number of nitrogens with two attached hydrogens (primary N) is 1. The van der Waals surface area contributed by atoms with Crippen molar-refractivity contribution < 1.29 is 9.72 Å². The van der Waals surface area contributed by atoms with E-state index in [0.717, 1.165) is 0 Å². The van der Waals surface area contributed by atoms with E-state index in [1.54, 1.807) is 6.92 Å². The molecule has 9 nitrogen and oxygen atoms in total. The number of hydrazine groups is 1. The molecule has 1 amide bonds. The Morgan fingerprint density at radius 3 is 3.00 bits per heavy atom. The summed E-state index contributed by atoms with van der Waals surface area (Å²) in [5.41, 5.74) is 2.00. The number of aromatic nitrogens is 3. The van der Waals surface area contributed by atoms with Crippen molar-refractivity contribution in [3.8, 4) is 0 Å². The zero-order chi connectivity index (χ0) is 12.1. The van der Waals surface area contributed by atoms with Crippen LogP contribution in [0.1, 0.15) is 25.8 Å². The highest BCUT2D eigenvalue weighted by atomic mass is 16.6. The van der Waals surface area contributed by atoms with E-state index in [-0.39, 0.29) is 18.4 Å². The average molecular weight is 228 g/mol. The van der Waals surface area contributed by atoms with Crippen molar-refractivity contribution in [3.63, 3.8) is 0 Å². The third-order valence-corrected chi connectivity index (χ3v) is 2.06. The summed E-state index contributed by atoms with van der Waals surface area (Å²) in [6.45, 7) is 1.78. The van der Waals surface area contributed by atoms with Crippen molar-refractivity contribution in [1.82, 2.24) is 20.2 Å². The van der Waals surface area contributed by atoms with Gasteiger partial charge in [0, 0.05) is 11.5 Å². The first-order chi connectivity index (χ1) is 7.54. The molecular weight excluding hydrogens is 216 g/mol. The number of nitrogens with zero attached hydrogens (tertiary/aromatic N) is 4. The van der Waals surface area contributed by atoms with Crippen LogP contribution in [0.4, 0.5) is 5.95 Å². The summed E-state index contributed by atoms with van der Waals surface area (Å²) in [6.07, 6.45) is 1.97. The van der Waals surface area contributed by atoms with Gasteiger partial charge < -0.3 is 10.1 Å². The van der Waals surface area contributed by atoms with Gasteiger partial charge in [0.05, 0.1) is 6.04 Å². The quantitative estimate of drug-likeness (QED) is 0.303. The minimum atomic E-state index is -0.671. The van der Waals surface area contributed by atoms with Gasteiger partial charge in [0.2, 0.25) is 12.2 Å². The predicted molar refractivity (Wildman–Crippen MR) is 53.0 cm³/mol. The Hall–Kier alpha value is -2.03. The number of amides is 1. The van der Waals surface area contributed by atoms with Crippen LogP contribution in [0.25, 0.3) is 0 Å². The Bertz CT molecular complexity index is 389. The summed E-state index contributed by atoms with van der Waals surface area (Å²) in [4.78, 5) is 24.0. The molecule has 16 heavy (non-hydrogen) atoms. The fourth-order valence-corrected chi connectivity index (χ4v) is 1.11. The fourth-order valence-electron chi connectivity index (χ4n) is 1.11. The molecule has 1 unspecified atom stereocenters. The minimum Gasteiger partial charge on any atom is -0.390 e. The van der Waals surface area contributed by atoms with Gasteiger partial charge in [-0.1, -0.05) is 4.98 Å². The molecule has 0 spiro atoms. The van der Waals surface area contributed by atoms with Crippen molar-refractivity contribution in [1.29, 1.82) is 0 Å². The van der Waals surface area contributed by atoms with Gasteiger partial charge in [-0.3, -0.25) is 10.2 Å². The number of carbonyl (C=O) groups excluding carboxylic acids is 1. The summed E-state index contributed by atoms with van der Waals surface area (Å²) in [5.74, 6) is 4.18. The second-order valence-corrected chi connectivity index (χ2v) is 3.24. The largest absolute Gasteiger partial charge is 0.490 e. The first-order valence-electron chi connectivity index (χ1n) is 4.59. The lowest BCUT2D eigenvalue weighted by Crippen LogP contribution is -2.30. The molecular formula is C7H12N6O3. The van der Waals surface area contributed by atoms with Crippen LogP contribution in [0.15, 0.2) is 6.33 Å². The Balaban J connectivity index is 2.55. The molecule has 0 saturated carbocycles. The van der Waals surface area contributed by atoms with Crippen LogP contribution in [0, 0.1) is 10.1 Å². The van der Waals surface area contributed by atoms with Gasteiger partial charge in [-0.25, -0.2) is 5.84 Å². The molecule has 1 rings (SSSR count). The molecule has 0 aliphatic heterocycles. The molecule has 0 aromatic carbocycles. The lowest BCUT2D eigenvalue weighted by molar-refractivity contribution is -0.394. The number of carbonyl (C=O) groups is 1. The van der Waals surface area contributed by atoms with Gasteiger partial charge in [0.25, 0.3) is 0 Å². The highest BCUT2D eigenvalue weighted by Crippen LogP contribution is 2.12. The molecule has 0 aliphatic carbocycles. The predicted octanol–water partition coefficient (Wildman–Crippen LogP) is -0.483. The Kier molecular flexibility index (Phi) is 3.89. The maximum atomic E-state index is 10.9. The van der Waals surface area contributed by atoms with Crippen LogP contribution in [0.2, 0.25) is 0 Å². The summed E-state index contributed by atoms with van der Waals surface area (Å²) in [6, 6.07) is -0.154. The molecule has 0 aliphatic rings. The normalized spacial score (nSPS) is 12.1. The second-order valence-electron chi connectivity index (χ2n) is 3.24. The van der Waals surface area contributed by atoms with Crippen LogP contribution in [-0.2, 0) is 4.79 Å². The zero-order valence-electron chi connectivity index (χ0n) is 8.66. The van der Waals surface area contributed by atoms with E-state index in [1.807, 2.05) is 5.43 Å². The molecule has 0 radical (unpaired) electrons. The first kappa shape index (κ1) is 12.0. The number of rotatable bonds is 5. The smallest absolute Gasteiger partial charge is 0.390 e. The Labute approximate surface area is 90.8 Å². The van der Waals surface area contributed by atoms with Gasteiger partial charge in [0.1, 0.15) is 0 Å². The summed E-state index contributed by atoms with van der Waals surface area (Å²) < 4.78 is 1.35. The van der Waals surface area contributed by atoms with Gasteiger partial charge in [-0.05, 0) is 18.3 Å². The Morgan fingerprint density at radius 2 is 2.50 bits per heavy atom. The van der Waals surface area contributed by atoms with Crippen molar-refractivity contribution in [2.24, 2.45) is 5.84 Å². The maximum absolute atomic E-state index is 10.9. The monoisotopic (exact) mass is 228 g/mol. The van der Waals surface area contributed by atoms with Crippen molar-refractivity contribution in [2.45, 2.75) is 25.8 Å². The summed E-state index contributed by atoms with van der Waals surface area (Å²) in [5, 5.41) is 14.0. The molecule has 88 valence electrons. The Morgan fingerprint density at radius 1 is 1.81 bits per heavy atom. The van der Waals surface area contributed by atoms with Crippen molar-refractivity contribution in [3.05, 3.63) is 16.4 Å². The van der Waals surface area contributed by atoms with E-state index < -0.39 is 10.9 Å². The van der Waals surface area contributed by atoms with Gasteiger partial charge in [0.15, 0.2) is 0 Å². The number of nitro groups is 1. The van der Waals surface area contributed by atoms with Crippen LogP contribution in [0.3, 0.4) is 0 Å². The molecule has 1 aromatic heterocycles. The summed E-state index contributed by atoms with van der Waals surface area (Å²) >= 11 is 0. The van der Waals surface area contributed by atoms with Gasteiger partial charge >= 0.3 is 5.95 Å². The maximum Gasteiger partial charge on any atom is 0.490 e. The van der Waals surface area contributed by atoms with Crippen molar-refractivity contribution in [2.75, 3.05) is 0 Å². The minimum absolute atomic E-state index is 0.154. The zero-order valence-corrected chi connectivity index (χ0v) is 8.66.